The summed E-state index contributed by atoms with van der Waals surface area (Å²) in [5, 5.41) is 10.2. The third kappa shape index (κ3) is 3.24. The Morgan fingerprint density at radius 1 is 1.15 bits per heavy atom. The zero-order valence-electron chi connectivity index (χ0n) is 14.9. The summed E-state index contributed by atoms with van der Waals surface area (Å²) in [6.07, 6.45) is 2.50. The Morgan fingerprint density at radius 2 is 1.88 bits per heavy atom. The maximum Gasteiger partial charge on any atom is 0.251 e. The van der Waals surface area contributed by atoms with Crippen molar-refractivity contribution in [2.24, 2.45) is 5.92 Å². The number of para-hydroxylation sites is 1. The Morgan fingerprint density at radius 3 is 2.62 bits per heavy atom. The highest BCUT2D eigenvalue weighted by atomic mass is 19.3. The van der Waals surface area contributed by atoms with E-state index in [0.717, 1.165) is 36.3 Å². The summed E-state index contributed by atoms with van der Waals surface area (Å²) in [7, 11) is 0. The highest BCUT2D eigenvalue weighted by Crippen LogP contribution is 2.37. The molecule has 4 nitrogen and oxygen atoms in total. The van der Waals surface area contributed by atoms with Crippen molar-refractivity contribution < 1.29 is 13.9 Å². The molecule has 2 aromatic rings. The maximum absolute atomic E-state index is 13.6. The molecule has 1 aliphatic carbocycles. The number of piperidine rings is 1. The van der Waals surface area contributed by atoms with E-state index in [1.165, 1.54) is 0 Å². The number of phenols is 1. The molecule has 0 unspecified atom stereocenters. The van der Waals surface area contributed by atoms with Gasteiger partial charge in [0.25, 0.3) is 5.92 Å². The number of rotatable bonds is 2. The van der Waals surface area contributed by atoms with Gasteiger partial charge >= 0.3 is 0 Å². The van der Waals surface area contributed by atoms with Crippen molar-refractivity contribution in [2.45, 2.75) is 45.0 Å². The van der Waals surface area contributed by atoms with Crippen LogP contribution in [0.15, 0.2) is 24.3 Å². The Labute approximate surface area is 151 Å². The number of fused-ring (bicyclic) bond motifs is 1. The number of halogens is 2. The second-order valence-corrected chi connectivity index (χ2v) is 7.50. The van der Waals surface area contributed by atoms with Gasteiger partial charge in [0.05, 0.1) is 11.3 Å². The smallest absolute Gasteiger partial charge is 0.251 e. The van der Waals surface area contributed by atoms with E-state index in [0.29, 0.717) is 30.4 Å². The van der Waals surface area contributed by atoms with Crippen LogP contribution in [0.1, 0.15) is 37.4 Å². The molecule has 2 heterocycles. The molecule has 4 rings (SSSR count). The van der Waals surface area contributed by atoms with Crippen LogP contribution < -0.4 is 4.90 Å². The molecule has 0 radical (unpaired) electrons. The van der Waals surface area contributed by atoms with E-state index in [1.807, 2.05) is 11.0 Å². The summed E-state index contributed by atoms with van der Waals surface area (Å²) in [5.41, 5.74) is 2.66. The molecule has 0 bridgehead atoms. The van der Waals surface area contributed by atoms with E-state index >= 15 is 0 Å². The lowest BCUT2D eigenvalue weighted by Gasteiger charge is -2.35. The number of aromatic hydroxyl groups is 1. The van der Waals surface area contributed by atoms with Gasteiger partial charge in [0.2, 0.25) is 0 Å². The van der Waals surface area contributed by atoms with Gasteiger partial charge < -0.3 is 10.0 Å². The molecule has 26 heavy (non-hydrogen) atoms. The Hall–Kier alpha value is -2.24. The molecule has 0 spiro atoms. The van der Waals surface area contributed by atoms with E-state index in [9.17, 15) is 13.9 Å². The molecular weight excluding hydrogens is 336 g/mol. The Bertz CT molecular complexity index is 815. The molecule has 1 N–H and O–H groups in total. The molecule has 1 aromatic carbocycles. The fraction of sp³-hybridized carbons (Fsp3) is 0.500. The number of anilines is 1. The van der Waals surface area contributed by atoms with Gasteiger partial charge in [-0.2, -0.15) is 0 Å². The zero-order chi connectivity index (χ0) is 18.3. The molecule has 2 aliphatic rings. The monoisotopic (exact) mass is 359 g/mol. The molecule has 1 saturated heterocycles. The quantitative estimate of drug-likeness (QED) is 0.873. The molecule has 0 saturated carbocycles. The van der Waals surface area contributed by atoms with Crippen LogP contribution in [0.2, 0.25) is 0 Å². The first-order chi connectivity index (χ1) is 12.4. The van der Waals surface area contributed by atoms with E-state index in [2.05, 4.69) is 6.92 Å². The number of phenolic OH excluding ortho intramolecular Hbond substituents is 1. The predicted molar refractivity (Wildman–Crippen MR) is 96.7 cm³/mol. The predicted octanol–water partition coefficient (Wildman–Crippen LogP) is 4.21. The van der Waals surface area contributed by atoms with Crippen molar-refractivity contribution in [2.75, 3.05) is 18.0 Å². The molecule has 6 heteroatoms. The van der Waals surface area contributed by atoms with Crippen LogP contribution in [-0.2, 0) is 12.8 Å². The van der Waals surface area contributed by atoms with Gasteiger partial charge in [-0.25, -0.2) is 18.7 Å². The lowest BCUT2D eigenvalue weighted by Crippen LogP contribution is -2.40. The van der Waals surface area contributed by atoms with E-state index in [-0.39, 0.29) is 18.6 Å². The highest BCUT2D eigenvalue weighted by molar-refractivity contribution is 5.66. The minimum atomic E-state index is -2.58. The summed E-state index contributed by atoms with van der Waals surface area (Å²) in [5.74, 6) is -0.668. The van der Waals surface area contributed by atoms with Crippen LogP contribution >= 0.6 is 0 Å². The van der Waals surface area contributed by atoms with Crippen molar-refractivity contribution in [1.82, 2.24) is 9.97 Å². The maximum atomic E-state index is 13.6. The lowest BCUT2D eigenvalue weighted by atomic mass is 9.87. The first-order valence-electron chi connectivity index (χ1n) is 9.24. The van der Waals surface area contributed by atoms with Crippen LogP contribution in [0.5, 0.6) is 5.75 Å². The minimum Gasteiger partial charge on any atom is -0.507 e. The summed E-state index contributed by atoms with van der Waals surface area (Å²) >= 11 is 0. The van der Waals surface area contributed by atoms with Crippen molar-refractivity contribution in [3.8, 4) is 17.1 Å². The first kappa shape index (κ1) is 17.2. The van der Waals surface area contributed by atoms with Crippen molar-refractivity contribution in [3.05, 3.63) is 35.5 Å². The van der Waals surface area contributed by atoms with Crippen molar-refractivity contribution in [3.63, 3.8) is 0 Å². The number of hydrogen-bond donors (Lipinski definition) is 1. The summed E-state index contributed by atoms with van der Waals surface area (Å²) < 4.78 is 27.2. The van der Waals surface area contributed by atoms with Crippen molar-refractivity contribution in [1.29, 1.82) is 0 Å². The number of alkyl halides is 2. The van der Waals surface area contributed by atoms with Crippen LogP contribution in [0, 0.1) is 5.92 Å². The summed E-state index contributed by atoms with van der Waals surface area (Å²) in [6, 6.07) is 6.99. The molecule has 0 amide bonds. The molecule has 1 aliphatic heterocycles. The van der Waals surface area contributed by atoms with E-state index in [4.69, 9.17) is 9.97 Å². The molecule has 1 atom stereocenters. The van der Waals surface area contributed by atoms with E-state index in [1.54, 1.807) is 18.2 Å². The third-order valence-corrected chi connectivity index (χ3v) is 5.44. The highest BCUT2D eigenvalue weighted by Gasteiger charge is 2.36. The number of nitrogens with zero attached hydrogens (tertiary/aromatic N) is 3. The molecular formula is C20H23F2N3O. The van der Waals surface area contributed by atoms with Gasteiger partial charge in [0, 0.05) is 31.5 Å². The van der Waals surface area contributed by atoms with Crippen molar-refractivity contribution >= 4 is 5.82 Å². The number of aromatic nitrogens is 2. The molecule has 1 fully saturated rings. The van der Waals surface area contributed by atoms with Gasteiger partial charge in [-0.05, 0) is 37.3 Å². The summed E-state index contributed by atoms with van der Waals surface area (Å²) in [4.78, 5) is 11.4. The lowest BCUT2D eigenvalue weighted by molar-refractivity contribution is -0.0221. The average molecular weight is 359 g/mol. The zero-order valence-corrected chi connectivity index (χ0v) is 14.9. The first-order valence-corrected chi connectivity index (χ1v) is 9.24. The topological polar surface area (TPSA) is 49.3 Å². The standard InChI is InChI=1S/C20H23F2N3O/c1-13-6-7-14-16(12-13)23-18(15-4-2-3-5-17(15)26)24-19(14)25-10-8-20(21,22)9-11-25/h2-5,13,26H,6-12H2,1H3/t13-/m1/s1. The van der Waals surface area contributed by atoms with Crippen LogP contribution in [-0.4, -0.2) is 34.1 Å². The number of hydrogen-bond acceptors (Lipinski definition) is 4. The van der Waals surface area contributed by atoms with Crippen LogP contribution in [0.3, 0.4) is 0 Å². The van der Waals surface area contributed by atoms with E-state index < -0.39 is 5.92 Å². The normalized spacial score (nSPS) is 22.1. The largest absolute Gasteiger partial charge is 0.507 e. The van der Waals surface area contributed by atoms with Crippen LogP contribution in [0.4, 0.5) is 14.6 Å². The fourth-order valence-corrected chi connectivity index (χ4v) is 3.86. The van der Waals surface area contributed by atoms with Gasteiger partial charge in [0.1, 0.15) is 11.6 Å². The average Bonchev–Trinajstić information content (AvgIpc) is 2.61. The second-order valence-electron chi connectivity index (χ2n) is 7.50. The minimum absolute atomic E-state index is 0.132. The Balaban J connectivity index is 1.78. The summed E-state index contributed by atoms with van der Waals surface area (Å²) in [6.45, 7) is 2.80. The van der Waals surface area contributed by atoms with Gasteiger partial charge in [-0.3, -0.25) is 0 Å². The van der Waals surface area contributed by atoms with Gasteiger partial charge in [-0.15, -0.1) is 0 Å². The third-order valence-electron chi connectivity index (χ3n) is 5.44. The SMILES string of the molecule is C[C@@H]1CCc2c(nc(-c3ccccc3O)nc2N2CCC(F)(F)CC2)C1. The van der Waals surface area contributed by atoms with Gasteiger partial charge in [-0.1, -0.05) is 19.1 Å². The Kier molecular flexibility index (Phi) is 4.29. The van der Waals surface area contributed by atoms with Gasteiger partial charge in [0.15, 0.2) is 5.82 Å². The molecule has 138 valence electrons. The second kappa shape index (κ2) is 6.49. The molecule has 1 aromatic heterocycles. The van der Waals surface area contributed by atoms with Crippen LogP contribution in [0.25, 0.3) is 11.4 Å². The number of benzene rings is 1. The fourth-order valence-electron chi connectivity index (χ4n) is 3.86.